The molecule has 1 aromatic carbocycles. The Balaban J connectivity index is 1.98. The van der Waals surface area contributed by atoms with Crippen LogP contribution < -0.4 is 5.32 Å². The molecule has 1 N–H and O–H groups in total. The second-order valence-corrected chi connectivity index (χ2v) is 6.69. The highest BCUT2D eigenvalue weighted by Gasteiger charge is 2.34. The third-order valence-corrected chi connectivity index (χ3v) is 4.15. The molecule has 1 fully saturated rings. The van der Waals surface area contributed by atoms with Crippen molar-refractivity contribution in [1.29, 1.82) is 0 Å². The van der Waals surface area contributed by atoms with Crippen LogP contribution in [0.5, 0.6) is 0 Å². The predicted octanol–water partition coefficient (Wildman–Crippen LogP) is 2.01. The van der Waals surface area contributed by atoms with Gasteiger partial charge in [0, 0.05) is 19.2 Å². The first-order valence-electron chi connectivity index (χ1n) is 8.94. The maximum absolute atomic E-state index is 12.5. The van der Waals surface area contributed by atoms with Gasteiger partial charge in [0.15, 0.2) is 0 Å². The molecule has 1 heterocycles. The zero-order valence-corrected chi connectivity index (χ0v) is 15.3. The maximum atomic E-state index is 12.5. The van der Waals surface area contributed by atoms with Gasteiger partial charge in [-0.25, -0.2) is 0 Å². The summed E-state index contributed by atoms with van der Waals surface area (Å²) < 4.78 is 5.19. The first-order valence-corrected chi connectivity index (χ1v) is 8.94. The van der Waals surface area contributed by atoms with Crippen LogP contribution in [0.25, 0.3) is 6.08 Å². The summed E-state index contributed by atoms with van der Waals surface area (Å²) in [6.07, 6.45) is 3.78. The highest BCUT2D eigenvalue weighted by Crippen LogP contribution is 2.12. The van der Waals surface area contributed by atoms with Crippen molar-refractivity contribution < 1.29 is 19.1 Å². The van der Waals surface area contributed by atoms with Crippen LogP contribution in [0.3, 0.4) is 0 Å². The zero-order chi connectivity index (χ0) is 18.9. The van der Waals surface area contributed by atoms with Crippen LogP contribution in [0.4, 0.5) is 0 Å². The van der Waals surface area contributed by atoms with E-state index in [-0.39, 0.29) is 18.2 Å². The molecule has 2 amide bonds. The van der Waals surface area contributed by atoms with E-state index < -0.39 is 12.0 Å². The lowest BCUT2D eigenvalue weighted by molar-refractivity contribution is -0.150. The fraction of sp³-hybridized carbons (Fsp3) is 0.450. The van der Waals surface area contributed by atoms with Crippen molar-refractivity contribution in [1.82, 2.24) is 10.2 Å². The number of ether oxygens (including phenoxy) is 1. The molecule has 2 rings (SSSR count). The Morgan fingerprint density at radius 1 is 1.31 bits per heavy atom. The van der Waals surface area contributed by atoms with Gasteiger partial charge in [-0.05, 0) is 24.0 Å². The second kappa shape index (κ2) is 9.75. The molecule has 6 nitrogen and oxygen atoms in total. The van der Waals surface area contributed by atoms with Crippen LogP contribution in [0.2, 0.25) is 0 Å². The van der Waals surface area contributed by atoms with Crippen molar-refractivity contribution >= 4 is 23.9 Å². The lowest BCUT2D eigenvalue weighted by Crippen LogP contribution is -2.57. The molecular formula is C20H26N2O4. The van der Waals surface area contributed by atoms with Gasteiger partial charge in [-0.2, -0.15) is 0 Å². The lowest BCUT2D eigenvalue weighted by atomic mass is 10.1. The van der Waals surface area contributed by atoms with Crippen LogP contribution in [0, 0.1) is 5.92 Å². The van der Waals surface area contributed by atoms with Gasteiger partial charge in [-0.3, -0.25) is 14.4 Å². The van der Waals surface area contributed by atoms with E-state index in [0.29, 0.717) is 25.6 Å². The molecule has 0 spiro atoms. The monoisotopic (exact) mass is 358 g/mol. The van der Waals surface area contributed by atoms with Crippen molar-refractivity contribution in [2.24, 2.45) is 5.92 Å². The number of piperazine rings is 1. The lowest BCUT2D eigenvalue weighted by Gasteiger charge is -2.33. The molecule has 140 valence electrons. The summed E-state index contributed by atoms with van der Waals surface area (Å²) in [6, 6.07) is 8.60. The van der Waals surface area contributed by atoms with Crippen LogP contribution in [0.15, 0.2) is 36.4 Å². The number of amides is 2. The number of rotatable bonds is 7. The Morgan fingerprint density at radius 2 is 2.04 bits per heavy atom. The highest BCUT2D eigenvalue weighted by molar-refractivity contribution is 5.97. The summed E-state index contributed by atoms with van der Waals surface area (Å²) in [6.45, 7) is 5.16. The second-order valence-electron chi connectivity index (χ2n) is 6.69. The molecule has 1 aromatic rings. The summed E-state index contributed by atoms with van der Waals surface area (Å²) in [4.78, 5) is 38.1. The van der Waals surface area contributed by atoms with E-state index >= 15 is 0 Å². The van der Waals surface area contributed by atoms with E-state index in [1.165, 1.54) is 11.0 Å². The minimum atomic E-state index is -0.830. The van der Waals surface area contributed by atoms with Gasteiger partial charge in [0.25, 0.3) is 0 Å². The van der Waals surface area contributed by atoms with Gasteiger partial charge in [-0.1, -0.05) is 44.2 Å². The van der Waals surface area contributed by atoms with Gasteiger partial charge < -0.3 is 15.0 Å². The normalized spacial score (nSPS) is 17.4. The number of nitrogens with one attached hydrogen (secondary N) is 1. The van der Waals surface area contributed by atoms with Crippen molar-refractivity contribution in [2.45, 2.75) is 32.7 Å². The van der Waals surface area contributed by atoms with E-state index in [0.717, 1.165) is 12.0 Å². The van der Waals surface area contributed by atoms with Gasteiger partial charge in [0.05, 0.1) is 13.0 Å². The van der Waals surface area contributed by atoms with Crippen molar-refractivity contribution in [3.05, 3.63) is 42.0 Å². The Kier molecular flexibility index (Phi) is 7.38. The summed E-state index contributed by atoms with van der Waals surface area (Å²) in [5.74, 6) is -0.637. The van der Waals surface area contributed by atoms with E-state index in [1.807, 2.05) is 44.2 Å². The first kappa shape index (κ1) is 19.7. The van der Waals surface area contributed by atoms with Crippen molar-refractivity contribution in [2.75, 3.05) is 19.7 Å². The predicted molar refractivity (Wildman–Crippen MR) is 99.0 cm³/mol. The molecule has 6 heteroatoms. The van der Waals surface area contributed by atoms with Crippen molar-refractivity contribution in [3.8, 4) is 0 Å². The molecule has 1 aliphatic heterocycles. The van der Waals surface area contributed by atoms with E-state index in [1.54, 1.807) is 6.08 Å². The van der Waals surface area contributed by atoms with E-state index in [4.69, 9.17) is 4.74 Å². The van der Waals surface area contributed by atoms with Gasteiger partial charge in [-0.15, -0.1) is 0 Å². The third kappa shape index (κ3) is 6.02. The molecule has 1 saturated heterocycles. The minimum absolute atomic E-state index is 0.130. The molecule has 1 unspecified atom stereocenters. The maximum Gasteiger partial charge on any atom is 0.308 e. The number of carbonyl (C=O) groups is 3. The minimum Gasteiger partial charge on any atom is -0.466 e. The number of benzene rings is 1. The van der Waals surface area contributed by atoms with Crippen LogP contribution in [-0.4, -0.2) is 48.4 Å². The molecule has 0 bridgehead atoms. The number of carbonyl (C=O) groups excluding carboxylic acids is 3. The quantitative estimate of drug-likeness (QED) is 0.598. The number of hydrogen-bond acceptors (Lipinski definition) is 4. The largest absolute Gasteiger partial charge is 0.466 e. The third-order valence-electron chi connectivity index (χ3n) is 4.15. The molecule has 26 heavy (non-hydrogen) atoms. The Morgan fingerprint density at radius 3 is 2.73 bits per heavy atom. The molecule has 0 aliphatic carbocycles. The number of nitrogens with zero attached hydrogens (tertiary/aromatic N) is 1. The average Bonchev–Trinajstić information content (AvgIpc) is 2.62. The fourth-order valence-electron chi connectivity index (χ4n) is 2.63. The summed E-state index contributed by atoms with van der Waals surface area (Å²) in [5, 5.41) is 2.71. The smallest absolute Gasteiger partial charge is 0.308 e. The van der Waals surface area contributed by atoms with E-state index in [2.05, 4.69) is 5.32 Å². The van der Waals surface area contributed by atoms with Gasteiger partial charge >= 0.3 is 5.97 Å². The zero-order valence-electron chi connectivity index (χ0n) is 15.3. The van der Waals surface area contributed by atoms with Crippen LogP contribution in [0.1, 0.15) is 32.3 Å². The molecule has 1 aliphatic rings. The standard InChI is InChI=1S/C20H26N2O4/c1-15(2)10-13-26-19(24)14-17-20(25)21-11-12-22(17)18(23)9-8-16-6-4-3-5-7-16/h3-9,15,17H,10-14H2,1-2H3,(H,21,25)/b9-8+. The molecule has 0 radical (unpaired) electrons. The molecule has 0 aromatic heterocycles. The first-order chi connectivity index (χ1) is 12.5. The number of hydrogen-bond donors (Lipinski definition) is 1. The SMILES string of the molecule is CC(C)CCOC(=O)CC1C(=O)NCCN1C(=O)/C=C/c1ccccc1. The van der Waals surface area contributed by atoms with Crippen LogP contribution >= 0.6 is 0 Å². The Labute approximate surface area is 154 Å². The van der Waals surface area contributed by atoms with E-state index in [9.17, 15) is 14.4 Å². The summed E-state index contributed by atoms with van der Waals surface area (Å²) in [5.41, 5.74) is 0.895. The van der Waals surface area contributed by atoms with Gasteiger partial charge in [0.1, 0.15) is 6.04 Å². The summed E-state index contributed by atoms with van der Waals surface area (Å²) in [7, 11) is 0. The van der Waals surface area contributed by atoms with Gasteiger partial charge in [0.2, 0.25) is 11.8 Å². The average molecular weight is 358 g/mol. The Hall–Kier alpha value is -2.63. The summed E-state index contributed by atoms with van der Waals surface area (Å²) >= 11 is 0. The molecule has 0 saturated carbocycles. The number of esters is 1. The fourth-order valence-corrected chi connectivity index (χ4v) is 2.63. The van der Waals surface area contributed by atoms with Crippen LogP contribution in [-0.2, 0) is 19.1 Å². The topological polar surface area (TPSA) is 75.7 Å². The molecule has 1 atom stereocenters. The Bertz CT molecular complexity index is 655. The van der Waals surface area contributed by atoms with Crippen molar-refractivity contribution in [3.63, 3.8) is 0 Å². The highest BCUT2D eigenvalue weighted by atomic mass is 16.5. The molecular weight excluding hydrogens is 332 g/mol.